The summed E-state index contributed by atoms with van der Waals surface area (Å²) in [5.74, 6) is 0. The van der Waals surface area contributed by atoms with Crippen LogP contribution in [-0.4, -0.2) is 5.16 Å². The number of thiocarbonyl (C=S) groups is 1. The van der Waals surface area contributed by atoms with Crippen molar-refractivity contribution >= 4 is 33.8 Å². The van der Waals surface area contributed by atoms with Gasteiger partial charge in [-0.2, -0.15) is 10.3 Å². The molecule has 3 heteroatoms. The SMILES string of the molecule is N#Cc1c(N=C=S)ccc2ccccc12. The number of nitriles is 1. The first-order valence-corrected chi connectivity index (χ1v) is 4.77. The maximum atomic E-state index is 9.07. The fourth-order valence-electron chi connectivity index (χ4n) is 1.52. The molecule has 0 saturated carbocycles. The largest absolute Gasteiger partial charge is 0.193 e. The zero-order valence-electron chi connectivity index (χ0n) is 7.77. The lowest BCUT2D eigenvalue weighted by Crippen LogP contribution is -1.80. The Kier molecular flexibility index (Phi) is 2.55. The smallest absolute Gasteiger partial charge is 0.102 e. The minimum absolute atomic E-state index is 0.547. The number of isothiocyanates is 1. The quantitative estimate of drug-likeness (QED) is 0.534. The van der Waals surface area contributed by atoms with E-state index in [2.05, 4.69) is 28.4 Å². The Balaban J connectivity index is 2.88. The molecule has 0 unspecified atom stereocenters. The van der Waals surface area contributed by atoms with E-state index in [0.29, 0.717) is 11.3 Å². The topological polar surface area (TPSA) is 36.1 Å². The van der Waals surface area contributed by atoms with Gasteiger partial charge in [0.2, 0.25) is 0 Å². The van der Waals surface area contributed by atoms with Gasteiger partial charge in [-0.05, 0) is 23.7 Å². The highest BCUT2D eigenvalue weighted by Gasteiger charge is 2.05. The monoisotopic (exact) mass is 210 g/mol. The Morgan fingerprint density at radius 2 is 1.93 bits per heavy atom. The Labute approximate surface area is 92.5 Å². The number of aliphatic imine (C=N–C) groups is 1. The third kappa shape index (κ3) is 1.64. The average molecular weight is 210 g/mol. The molecule has 0 fully saturated rings. The molecule has 0 heterocycles. The van der Waals surface area contributed by atoms with Crippen LogP contribution in [0.1, 0.15) is 5.56 Å². The van der Waals surface area contributed by atoms with Crippen molar-refractivity contribution in [3.63, 3.8) is 0 Å². The molecule has 2 aromatic carbocycles. The number of nitrogens with zero attached hydrogens (tertiary/aromatic N) is 2. The van der Waals surface area contributed by atoms with Gasteiger partial charge in [-0.1, -0.05) is 30.3 Å². The lowest BCUT2D eigenvalue weighted by atomic mass is 10.0. The summed E-state index contributed by atoms with van der Waals surface area (Å²) in [5, 5.41) is 13.3. The van der Waals surface area contributed by atoms with Crippen molar-refractivity contribution in [1.82, 2.24) is 0 Å². The van der Waals surface area contributed by atoms with Crippen LogP contribution in [0.15, 0.2) is 41.4 Å². The molecule has 0 bridgehead atoms. The van der Waals surface area contributed by atoms with E-state index in [1.54, 1.807) is 6.07 Å². The minimum atomic E-state index is 0.547. The second-order valence-electron chi connectivity index (χ2n) is 3.00. The summed E-state index contributed by atoms with van der Waals surface area (Å²) < 4.78 is 0. The summed E-state index contributed by atoms with van der Waals surface area (Å²) in [7, 11) is 0. The van der Waals surface area contributed by atoms with E-state index in [-0.39, 0.29) is 0 Å². The molecule has 0 aliphatic rings. The van der Waals surface area contributed by atoms with E-state index in [1.807, 2.05) is 30.3 Å². The second-order valence-corrected chi connectivity index (χ2v) is 3.18. The molecule has 0 aromatic heterocycles. The van der Waals surface area contributed by atoms with Gasteiger partial charge in [0.25, 0.3) is 0 Å². The first kappa shape index (κ1) is 9.54. The normalized spacial score (nSPS) is 9.27. The Bertz CT molecular complexity index is 605. The van der Waals surface area contributed by atoms with Crippen molar-refractivity contribution in [2.24, 2.45) is 4.99 Å². The number of rotatable bonds is 1. The van der Waals surface area contributed by atoms with Crippen LogP contribution < -0.4 is 0 Å². The number of hydrogen-bond acceptors (Lipinski definition) is 3. The van der Waals surface area contributed by atoms with Gasteiger partial charge in [0.05, 0.1) is 16.4 Å². The van der Waals surface area contributed by atoms with Gasteiger partial charge < -0.3 is 0 Å². The zero-order chi connectivity index (χ0) is 10.7. The maximum absolute atomic E-state index is 9.07. The fraction of sp³-hybridized carbons (Fsp3) is 0. The summed E-state index contributed by atoms with van der Waals surface area (Å²) in [6.45, 7) is 0. The lowest BCUT2D eigenvalue weighted by molar-refractivity contribution is 1.47. The minimum Gasteiger partial charge on any atom is -0.193 e. The van der Waals surface area contributed by atoms with Crippen molar-refractivity contribution in [2.75, 3.05) is 0 Å². The van der Waals surface area contributed by atoms with Crippen molar-refractivity contribution in [3.05, 3.63) is 42.0 Å². The maximum Gasteiger partial charge on any atom is 0.102 e. The van der Waals surface area contributed by atoms with Crippen LogP contribution in [0.2, 0.25) is 0 Å². The fourth-order valence-corrected chi connectivity index (χ4v) is 1.62. The van der Waals surface area contributed by atoms with E-state index in [1.165, 1.54) is 0 Å². The molecular formula is C12H6N2S. The van der Waals surface area contributed by atoms with Gasteiger partial charge >= 0.3 is 0 Å². The number of hydrogen-bond donors (Lipinski definition) is 0. The third-order valence-electron chi connectivity index (χ3n) is 2.18. The van der Waals surface area contributed by atoms with Crippen molar-refractivity contribution in [1.29, 1.82) is 5.26 Å². The molecule has 0 aliphatic heterocycles. The Morgan fingerprint density at radius 3 is 2.67 bits per heavy atom. The van der Waals surface area contributed by atoms with Crippen LogP contribution in [-0.2, 0) is 0 Å². The molecule has 0 N–H and O–H groups in total. The standard InChI is InChI=1S/C12H6N2S/c13-7-11-10-4-2-1-3-9(10)5-6-12(11)14-8-15/h1-6H. The summed E-state index contributed by atoms with van der Waals surface area (Å²) in [5.41, 5.74) is 1.12. The van der Waals surface area contributed by atoms with E-state index >= 15 is 0 Å². The highest BCUT2D eigenvalue weighted by Crippen LogP contribution is 2.26. The molecule has 0 saturated heterocycles. The van der Waals surface area contributed by atoms with Gasteiger partial charge in [0, 0.05) is 5.39 Å². The van der Waals surface area contributed by atoms with Crippen LogP contribution >= 0.6 is 12.2 Å². The summed E-state index contributed by atoms with van der Waals surface area (Å²) in [4.78, 5) is 3.87. The van der Waals surface area contributed by atoms with Gasteiger partial charge in [0.1, 0.15) is 6.07 Å². The molecule has 0 atom stereocenters. The van der Waals surface area contributed by atoms with Crippen LogP contribution in [0, 0.1) is 11.3 Å². The highest BCUT2D eigenvalue weighted by atomic mass is 32.1. The van der Waals surface area contributed by atoms with E-state index in [4.69, 9.17) is 5.26 Å². The molecule has 2 nitrogen and oxygen atoms in total. The Morgan fingerprint density at radius 1 is 1.13 bits per heavy atom. The molecule has 2 aromatic rings. The molecule has 2 rings (SSSR count). The van der Waals surface area contributed by atoms with E-state index in [9.17, 15) is 0 Å². The molecule has 15 heavy (non-hydrogen) atoms. The van der Waals surface area contributed by atoms with Crippen molar-refractivity contribution < 1.29 is 0 Å². The van der Waals surface area contributed by atoms with Crippen LogP contribution in [0.4, 0.5) is 5.69 Å². The third-order valence-corrected chi connectivity index (χ3v) is 2.28. The van der Waals surface area contributed by atoms with Gasteiger partial charge in [-0.3, -0.25) is 0 Å². The lowest BCUT2D eigenvalue weighted by Gasteiger charge is -2.01. The summed E-state index contributed by atoms with van der Waals surface area (Å²) in [6, 6.07) is 13.5. The van der Waals surface area contributed by atoms with Gasteiger partial charge in [-0.15, -0.1) is 0 Å². The zero-order valence-corrected chi connectivity index (χ0v) is 8.58. The number of benzene rings is 2. The van der Waals surface area contributed by atoms with E-state index in [0.717, 1.165) is 10.8 Å². The first-order valence-electron chi connectivity index (χ1n) is 4.36. The molecule has 0 amide bonds. The van der Waals surface area contributed by atoms with E-state index < -0.39 is 0 Å². The Hall–Kier alpha value is -2.01. The molecule has 0 radical (unpaired) electrons. The molecule has 70 valence electrons. The average Bonchev–Trinajstić information content (AvgIpc) is 2.29. The van der Waals surface area contributed by atoms with Crippen LogP contribution in [0.25, 0.3) is 10.8 Å². The summed E-state index contributed by atoms with van der Waals surface area (Å²) in [6.07, 6.45) is 0. The predicted octanol–water partition coefficient (Wildman–Crippen LogP) is 3.45. The molecular weight excluding hydrogens is 204 g/mol. The van der Waals surface area contributed by atoms with Crippen LogP contribution in [0.3, 0.4) is 0 Å². The van der Waals surface area contributed by atoms with Crippen molar-refractivity contribution in [2.45, 2.75) is 0 Å². The predicted molar refractivity (Wildman–Crippen MR) is 63.3 cm³/mol. The highest BCUT2D eigenvalue weighted by molar-refractivity contribution is 7.78. The summed E-state index contributed by atoms with van der Waals surface area (Å²) >= 11 is 4.54. The first-order chi connectivity index (χ1) is 7.36. The van der Waals surface area contributed by atoms with Crippen LogP contribution in [0.5, 0.6) is 0 Å². The second kappa shape index (κ2) is 4.02. The molecule has 0 spiro atoms. The van der Waals surface area contributed by atoms with Gasteiger partial charge in [0.15, 0.2) is 0 Å². The van der Waals surface area contributed by atoms with Crippen molar-refractivity contribution in [3.8, 4) is 6.07 Å². The van der Waals surface area contributed by atoms with Gasteiger partial charge in [-0.25, -0.2) is 0 Å². The number of fused-ring (bicyclic) bond motifs is 1. The molecule has 0 aliphatic carbocycles.